The summed E-state index contributed by atoms with van der Waals surface area (Å²) in [5, 5.41) is 9.37. The number of halogens is 4. The SMILES string of the molecule is NC(C=Cc1ccc(OCCCc2ccccc2F)c(C(F)(F)F)c1)(CO)CO[PH2]=O. The van der Waals surface area contributed by atoms with Gasteiger partial charge in [0, 0.05) is 0 Å². The predicted octanol–water partition coefficient (Wildman–Crippen LogP) is 4.25. The molecular formula is C21H24F4NO4P. The summed E-state index contributed by atoms with van der Waals surface area (Å²) in [5.74, 6) is -0.701. The van der Waals surface area contributed by atoms with E-state index in [9.17, 15) is 27.2 Å². The molecule has 0 saturated heterocycles. The fourth-order valence-electron chi connectivity index (χ4n) is 2.74. The summed E-state index contributed by atoms with van der Waals surface area (Å²) in [7, 11) is -1.53. The lowest BCUT2D eigenvalue weighted by molar-refractivity contribution is -0.139. The molecule has 0 heterocycles. The fraction of sp³-hybridized carbons (Fsp3) is 0.333. The van der Waals surface area contributed by atoms with E-state index >= 15 is 0 Å². The molecule has 2 unspecified atom stereocenters. The van der Waals surface area contributed by atoms with E-state index in [-0.39, 0.29) is 30.3 Å². The van der Waals surface area contributed by atoms with Crippen LogP contribution in [0.4, 0.5) is 17.6 Å². The summed E-state index contributed by atoms with van der Waals surface area (Å²) >= 11 is 0. The Bertz CT molecular complexity index is 907. The van der Waals surface area contributed by atoms with Crippen molar-refractivity contribution in [2.24, 2.45) is 5.73 Å². The van der Waals surface area contributed by atoms with Gasteiger partial charge in [-0.05, 0) is 42.2 Å². The third-order valence-corrected chi connectivity index (χ3v) is 4.74. The molecular weight excluding hydrogens is 437 g/mol. The lowest BCUT2D eigenvalue weighted by atomic mass is 10.0. The van der Waals surface area contributed by atoms with Gasteiger partial charge >= 0.3 is 6.18 Å². The Labute approximate surface area is 178 Å². The van der Waals surface area contributed by atoms with E-state index in [1.165, 1.54) is 30.4 Å². The van der Waals surface area contributed by atoms with Crippen LogP contribution < -0.4 is 10.5 Å². The van der Waals surface area contributed by atoms with Crippen molar-refractivity contribution in [1.82, 2.24) is 0 Å². The van der Waals surface area contributed by atoms with E-state index < -0.39 is 32.6 Å². The van der Waals surface area contributed by atoms with Crippen LogP contribution in [0.5, 0.6) is 5.75 Å². The van der Waals surface area contributed by atoms with E-state index in [1.807, 2.05) is 0 Å². The number of benzene rings is 2. The van der Waals surface area contributed by atoms with Gasteiger partial charge in [0.25, 0.3) is 0 Å². The molecule has 0 bridgehead atoms. The van der Waals surface area contributed by atoms with E-state index in [1.54, 1.807) is 18.2 Å². The first-order valence-electron chi connectivity index (χ1n) is 9.40. The third-order valence-electron chi connectivity index (χ3n) is 4.44. The van der Waals surface area contributed by atoms with Crippen molar-refractivity contribution in [3.63, 3.8) is 0 Å². The molecule has 0 fully saturated rings. The van der Waals surface area contributed by atoms with Crippen LogP contribution in [0.2, 0.25) is 0 Å². The Morgan fingerprint density at radius 2 is 1.90 bits per heavy atom. The van der Waals surface area contributed by atoms with Gasteiger partial charge in [-0.15, -0.1) is 0 Å². The monoisotopic (exact) mass is 461 g/mol. The summed E-state index contributed by atoms with van der Waals surface area (Å²) < 4.78 is 74.6. The Kier molecular flexibility index (Phi) is 9.25. The number of ether oxygens (including phenoxy) is 1. The second-order valence-corrected chi connectivity index (χ2v) is 7.45. The van der Waals surface area contributed by atoms with Gasteiger partial charge in [-0.1, -0.05) is 36.4 Å². The Morgan fingerprint density at radius 1 is 1.16 bits per heavy atom. The Balaban J connectivity index is 2.10. The second kappa shape index (κ2) is 11.4. The zero-order valence-electron chi connectivity index (χ0n) is 16.6. The largest absolute Gasteiger partial charge is 0.493 e. The quantitative estimate of drug-likeness (QED) is 0.297. The summed E-state index contributed by atoms with van der Waals surface area (Å²) in [6, 6.07) is 9.70. The first-order valence-corrected chi connectivity index (χ1v) is 10.3. The van der Waals surface area contributed by atoms with Gasteiger partial charge in [-0.25, -0.2) is 4.39 Å². The molecule has 170 valence electrons. The average Bonchev–Trinajstić information content (AvgIpc) is 2.74. The number of rotatable bonds is 11. The van der Waals surface area contributed by atoms with Gasteiger partial charge in [0.1, 0.15) is 11.6 Å². The minimum Gasteiger partial charge on any atom is -0.493 e. The van der Waals surface area contributed by atoms with Crippen molar-refractivity contribution < 1.29 is 36.5 Å². The smallest absolute Gasteiger partial charge is 0.419 e. The highest BCUT2D eigenvalue weighted by atomic mass is 31.1. The van der Waals surface area contributed by atoms with E-state index in [2.05, 4.69) is 0 Å². The minimum atomic E-state index is -4.66. The number of nitrogens with two attached hydrogens (primary N) is 1. The predicted molar refractivity (Wildman–Crippen MR) is 111 cm³/mol. The standard InChI is InChI=1S/C21H24F4NO4P/c22-18-6-2-1-4-16(18)5-3-11-29-19-8-7-15(12-17(19)21(23,24)25)9-10-20(26,13-27)14-30-31-28/h1-2,4,6-10,12,27H,3,5,11,13-14,26,31H2. The molecule has 0 spiro atoms. The van der Waals surface area contributed by atoms with E-state index in [0.29, 0.717) is 18.4 Å². The molecule has 10 heteroatoms. The molecule has 2 atom stereocenters. The molecule has 2 rings (SSSR count). The van der Waals surface area contributed by atoms with Crippen molar-refractivity contribution >= 4 is 14.8 Å². The number of hydrogen-bond acceptors (Lipinski definition) is 5. The molecule has 31 heavy (non-hydrogen) atoms. The van der Waals surface area contributed by atoms with Crippen LogP contribution in [0.25, 0.3) is 6.08 Å². The normalized spacial score (nSPS) is 14.4. The first kappa shape index (κ1) is 25.1. The Hall–Kier alpha value is -2.19. The number of hydrogen-bond donors (Lipinski definition) is 2. The minimum absolute atomic E-state index is 0.0160. The zero-order valence-corrected chi connectivity index (χ0v) is 17.7. The van der Waals surface area contributed by atoms with Crippen LogP contribution in [0.3, 0.4) is 0 Å². The molecule has 0 aliphatic heterocycles. The highest BCUT2D eigenvalue weighted by Crippen LogP contribution is 2.37. The molecule has 0 saturated carbocycles. The highest BCUT2D eigenvalue weighted by Gasteiger charge is 2.34. The summed E-state index contributed by atoms with van der Waals surface area (Å²) in [4.78, 5) is 0. The van der Waals surface area contributed by atoms with Crippen LogP contribution in [-0.4, -0.2) is 30.5 Å². The van der Waals surface area contributed by atoms with Crippen molar-refractivity contribution in [2.45, 2.75) is 24.6 Å². The van der Waals surface area contributed by atoms with Crippen LogP contribution in [0.15, 0.2) is 48.5 Å². The second-order valence-electron chi connectivity index (χ2n) is 6.93. The van der Waals surface area contributed by atoms with Crippen LogP contribution >= 0.6 is 8.69 Å². The molecule has 0 aliphatic rings. The highest BCUT2D eigenvalue weighted by molar-refractivity contribution is 7.17. The van der Waals surface area contributed by atoms with Gasteiger partial charge < -0.3 is 20.1 Å². The molecule has 2 aromatic rings. The van der Waals surface area contributed by atoms with E-state index in [4.69, 9.17) is 15.0 Å². The van der Waals surface area contributed by atoms with Gasteiger partial charge in [-0.2, -0.15) is 13.2 Å². The number of alkyl halides is 3. The summed E-state index contributed by atoms with van der Waals surface area (Å²) in [6.07, 6.45) is -1.37. The van der Waals surface area contributed by atoms with Gasteiger partial charge in [0.05, 0.1) is 30.9 Å². The molecule has 0 aromatic heterocycles. The topological polar surface area (TPSA) is 81.8 Å². The van der Waals surface area contributed by atoms with Crippen molar-refractivity contribution in [3.05, 3.63) is 71.0 Å². The summed E-state index contributed by atoms with van der Waals surface area (Å²) in [5.41, 5.74) is 4.18. The van der Waals surface area contributed by atoms with Gasteiger partial charge in [0.15, 0.2) is 8.69 Å². The number of aliphatic hydroxyl groups is 1. The molecule has 0 aliphatic carbocycles. The average molecular weight is 461 g/mol. The molecule has 5 nitrogen and oxygen atoms in total. The lowest BCUT2D eigenvalue weighted by Crippen LogP contribution is -2.45. The zero-order chi connectivity index (χ0) is 22.9. The maximum atomic E-state index is 13.6. The molecule has 0 radical (unpaired) electrons. The lowest BCUT2D eigenvalue weighted by Gasteiger charge is -2.21. The van der Waals surface area contributed by atoms with Gasteiger partial charge in [-0.3, -0.25) is 4.57 Å². The maximum absolute atomic E-state index is 13.6. The number of aliphatic hydroxyl groups excluding tert-OH is 1. The third kappa shape index (κ3) is 7.78. The molecule has 3 N–H and O–H groups in total. The Morgan fingerprint density at radius 3 is 2.55 bits per heavy atom. The van der Waals surface area contributed by atoms with Crippen molar-refractivity contribution in [1.29, 1.82) is 0 Å². The molecule has 0 amide bonds. The van der Waals surface area contributed by atoms with Crippen molar-refractivity contribution in [3.8, 4) is 5.75 Å². The maximum Gasteiger partial charge on any atom is 0.419 e. The van der Waals surface area contributed by atoms with Crippen LogP contribution in [-0.2, 0) is 21.7 Å². The van der Waals surface area contributed by atoms with Gasteiger partial charge in [0.2, 0.25) is 0 Å². The van der Waals surface area contributed by atoms with E-state index in [0.717, 1.165) is 6.07 Å². The van der Waals surface area contributed by atoms with Crippen LogP contribution in [0.1, 0.15) is 23.1 Å². The number of aryl methyl sites for hydroxylation is 1. The first-order chi connectivity index (χ1) is 14.7. The summed E-state index contributed by atoms with van der Waals surface area (Å²) in [6.45, 7) is -0.801. The molecule has 2 aromatic carbocycles. The fourth-order valence-corrected chi connectivity index (χ4v) is 3.12. The van der Waals surface area contributed by atoms with Crippen molar-refractivity contribution in [2.75, 3.05) is 19.8 Å². The van der Waals surface area contributed by atoms with Crippen LogP contribution in [0, 0.1) is 5.82 Å².